The molecule has 0 aliphatic carbocycles. The van der Waals surface area contributed by atoms with Crippen molar-refractivity contribution in [2.75, 3.05) is 5.73 Å². The Morgan fingerprint density at radius 1 is 1.05 bits per heavy atom. The molecule has 0 saturated carbocycles. The molecule has 0 unspecified atom stereocenters. The quantitative estimate of drug-likeness (QED) is 0.773. The minimum Gasteiger partial charge on any atom is -0.383 e. The minimum absolute atomic E-state index is 0.514. The summed E-state index contributed by atoms with van der Waals surface area (Å²) in [6.07, 6.45) is 3.65. The van der Waals surface area contributed by atoms with E-state index in [9.17, 15) is 0 Å². The lowest BCUT2D eigenvalue weighted by atomic mass is 10.2. The molecule has 3 aromatic rings. The van der Waals surface area contributed by atoms with Gasteiger partial charge in [-0.25, -0.2) is 14.6 Å². The predicted molar refractivity (Wildman–Crippen MR) is 78.5 cm³/mol. The van der Waals surface area contributed by atoms with Gasteiger partial charge in [0.1, 0.15) is 5.82 Å². The summed E-state index contributed by atoms with van der Waals surface area (Å²) in [5.41, 5.74) is 9.55. The first kappa shape index (κ1) is 12.3. The predicted octanol–water partition coefficient (Wildman–Crippen LogP) is 2.53. The molecular weight excluding hydrogens is 250 g/mol. The van der Waals surface area contributed by atoms with E-state index < -0.39 is 0 Å². The molecule has 0 spiro atoms. The number of nitrogens with two attached hydrogens (primary N) is 1. The van der Waals surface area contributed by atoms with Crippen LogP contribution in [-0.2, 0) is 0 Å². The summed E-state index contributed by atoms with van der Waals surface area (Å²) in [4.78, 5) is 8.79. The van der Waals surface area contributed by atoms with Gasteiger partial charge in [-0.15, -0.1) is 0 Å². The molecule has 3 rings (SSSR count). The zero-order valence-electron chi connectivity index (χ0n) is 11.4. The Bertz CT molecular complexity index is 723. The SMILES string of the molecule is Cc1nc(-c2cnn(-c3ccccc3)c2)nc(N)c1C. The van der Waals surface area contributed by atoms with Crippen molar-refractivity contribution in [3.8, 4) is 17.1 Å². The molecule has 0 aliphatic rings. The number of para-hydroxylation sites is 1. The van der Waals surface area contributed by atoms with E-state index in [4.69, 9.17) is 5.73 Å². The van der Waals surface area contributed by atoms with Gasteiger partial charge in [0.05, 0.1) is 17.4 Å². The van der Waals surface area contributed by atoms with Gasteiger partial charge < -0.3 is 5.73 Å². The fraction of sp³-hybridized carbons (Fsp3) is 0.133. The van der Waals surface area contributed by atoms with Crippen LogP contribution in [0, 0.1) is 13.8 Å². The van der Waals surface area contributed by atoms with Crippen molar-refractivity contribution < 1.29 is 0 Å². The van der Waals surface area contributed by atoms with Crippen molar-refractivity contribution in [2.45, 2.75) is 13.8 Å². The average molecular weight is 265 g/mol. The molecule has 0 bridgehead atoms. The van der Waals surface area contributed by atoms with Gasteiger partial charge in [-0.1, -0.05) is 18.2 Å². The fourth-order valence-corrected chi connectivity index (χ4v) is 1.94. The lowest BCUT2D eigenvalue weighted by Crippen LogP contribution is -2.01. The molecule has 0 amide bonds. The smallest absolute Gasteiger partial charge is 0.164 e. The lowest BCUT2D eigenvalue weighted by Gasteiger charge is -2.05. The summed E-state index contributed by atoms with van der Waals surface area (Å²) in [6.45, 7) is 3.85. The van der Waals surface area contributed by atoms with Crippen LogP contribution >= 0.6 is 0 Å². The largest absolute Gasteiger partial charge is 0.383 e. The van der Waals surface area contributed by atoms with Gasteiger partial charge in [0.2, 0.25) is 0 Å². The number of aryl methyl sites for hydroxylation is 1. The average Bonchev–Trinajstić information content (AvgIpc) is 2.95. The van der Waals surface area contributed by atoms with Gasteiger partial charge in [0.15, 0.2) is 5.82 Å². The van der Waals surface area contributed by atoms with Gasteiger partial charge in [0.25, 0.3) is 0 Å². The summed E-state index contributed by atoms with van der Waals surface area (Å²) in [5.74, 6) is 1.12. The van der Waals surface area contributed by atoms with E-state index in [2.05, 4.69) is 15.1 Å². The molecule has 0 aliphatic heterocycles. The minimum atomic E-state index is 0.514. The highest BCUT2D eigenvalue weighted by molar-refractivity contribution is 5.57. The van der Waals surface area contributed by atoms with Crippen LogP contribution in [0.2, 0.25) is 0 Å². The van der Waals surface area contributed by atoms with E-state index in [-0.39, 0.29) is 0 Å². The molecule has 5 heteroatoms. The maximum atomic E-state index is 5.90. The lowest BCUT2D eigenvalue weighted by molar-refractivity contribution is 0.880. The van der Waals surface area contributed by atoms with Crippen molar-refractivity contribution in [1.82, 2.24) is 19.7 Å². The van der Waals surface area contributed by atoms with Crippen molar-refractivity contribution in [3.63, 3.8) is 0 Å². The zero-order valence-corrected chi connectivity index (χ0v) is 11.4. The second-order valence-corrected chi connectivity index (χ2v) is 4.65. The van der Waals surface area contributed by atoms with Gasteiger partial charge in [-0.3, -0.25) is 0 Å². The van der Waals surface area contributed by atoms with Crippen molar-refractivity contribution in [2.24, 2.45) is 0 Å². The first-order valence-electron chi connectivity index (χ1n) is 6.36. The molecule has 0 fully saturated rings. The molecule has 2 N–H and O–H groups in total. The Morgan fingerprint density at radius 2 is 1.80 bits per heavy atom. The maximum Gasteiger partial charge on any atom is 0.164 e. The van der Waals surface area contributed by atoms with Crippen LogP contribution in [0.4, 0.5) is 5.82 Å². The molecule has 20 heavy (non-hydrogen) atoms. The number of anilines is 1. The molecule has 5 nitrogen and oxygen atoms in total. The van der Waals surface area contributed by atoms with Crippen molar-refractivity contribution in [3.05, 3.63) is 54.0 Å². The zero-order chi connectivity index (χ0) is 14.1. The fourth-order valence-electron chi connectivity index (χ4n) is 1.94. The van der Waals surface area contributed by atoms with E-state index in [1.165, 1.54) is 0 Å². The van der Waals surface area contributed by atoms with E-state index in [0.29, 0.717) is 11.6 Å². The van der Waals surface area contributed by atoms with Gasteiger partial charge >= 0.3 is 0 Å². The van der Waals surface area contributed by atoms with E-state index in [1.807, 2.05) is 50.4 Å². The Morgan fingerprint density at radius 3 is 2.50 bits per heavy atom. The molecule has 0 atom stereocenters. The number of rotatable bonds is 2. The van der Waals surface area contributed by atoms with E-state index in [1.54, 1.807) is 10.9 Å². The Kier molecular flexibility index (Phi) is 2.95. The van der Waals surface area contributed by atoms with Crippen LogP contribution in [-0.4, -0.2) is 19.7 Å². The molecule has 2 aromatic heterocycles. The second-order valence-electron chi connectivity index (χ2n) is 4.65. The highest BCUT2D eigenvalue weighted by Gasteiger charge is 2.09. The molecule has 1 aromatic carbocycles. The first-order chi connectivity index (χ1) is 9.65. The molecule has 0 saturated heterocycles. The van der Waals surface area contributed by atoms with Gasteiger partial charge in [-0.05, 0) is 26.0 Å². The number of hydrogen-bond acceptors (Lipinski definition) is 4. The van der Waals surface area contributed by atoms with E-state index >= 15 is 0 Å². The van der Waals surface area contributed by atoms with Gasteiger partial charge in [0, 0.05) is 17.5 Å². The van der Waals surface area contributed by atoms with Crippen LogP contribution < -0.4 is 5.73 Å². The van der Waals surface area contributed by atoms with Crippen LogP contribution in [0.25, 0.3) is 17.1 Å². The summed E-state index contributed by atoms with van der Waals surface area (Å²) in [7, 11) is 0. The van der Waals surface area contributed by atoms with Crippen LogP contribution in [0.5, 0.6) is 0 Å². The van der Waals surface area contributed by atoms with Crippen LogP contribution in [0.1, 0.15) is 11.3 Å². The highest BCUT2D eigenvalue weighted by Crippen LogP contribution is 2.20. The van der Waals surface area contributed by atoms with Gasteiger partial charge in [-0.2, -0.15) is 5.10 Å². The Labute approximate surface area is 117 Å². The summed E-state index contributed by atoms with van der Waals surface area (Å²) in [5, 5.41) is 4.34. The summed E-state index contributed by atoms with van der Waals surface area (Å²) < 4.78 is 1.80. The normalized spacial score (nSPS) is 10.7. The number of nitrogens with zero attached hydrogens (tertiary/aromatic N) is 4. The first-order valence-corrected chi connectivity index (χ1v) is 6.36. The van der Waals surface area contributed by atoms with Crippen molar-refractivity contribution >= 4 is 5.82 Å². The third-order valence-electron chi connectivity index (χ3n) is 3.29. The van der Waals surface area contributed by atoms with Crippen LogP contribution in [0.3, 0.4) is 0 Å². The molecular formula is C15H15N5. The topological polar surface area (TPSA) is 69.6 Å². The van der Waals surface area contributed by atoms with Crippen LogP contribution in [0.15, 0.2) is 42.7 Å². The Balaban J connectivity index is 2.03. The summed E-state index contributed by atoms with van der Waals surface area (Å²) in [6, 6.07) is 9.90. The summed E-state index contributed by atoms with van der Waals surface area (Å²) >= 11 is 0. The third kappa shape index (κ3) is 2.14. The molecule has 100 valence electrons. The van der Waals surface area contributed by atoms with E-state index in [0.717, 1.165) is 22.5 Å². The standard InChI is InChI=1S/C15H15N5/c1-10-11(2)18-15(19-14(10)16)12-8-17-20(9-12)13-6-4-3-5-7-13/h3-9H,1-2H3,(H2,16,18,19). The number of nitrogen functional groups attached to an aromatic ring is 1. The third-order valence-corrected chi connectivity index (χ3v) is 3.29. The highest BCUT2D eigenvalue weighted by atomic mass is 15.3. The van der Waals surface area contributed by atoms with Crippen molar-refractivity contribution in [1.29, 1.82) is 0 Å². The molecule has 2 heterocycles. The number of benzene rings is 1. The number of hydrogen-bond donors (Lipinski definition) is 1. The molecule has 0 radical (unpaired) electrons. The Hall–Kier alpha value is -2.69. The number of aromatic nitrogens is 4. The maximum absolute atomic E-state index is 5.90. The second kappa shape index (κ2) is 4.77. The monoisotopic (exact) mass is 265 g/mol.